The van der Waals surface area contributed by atoms with Gasteiger partial charge in [-0.05, 0) is 25.5 Å². The van der Waals surface area contributed by atoms with Crippen LogP contribution in [0.25, 0.3) is 0 Å². The summed E-state index contributed by atoms with van der Waals surface area (Å²) in [6.45, 7) is 0.409. The van der Waals surface area contributed by atoms with Crippen molar-refractivity contribution in [3.63, 3.8) is 0 Å². The third-order valence-corrected chi connectivity index (χ3v) is 3.70. The highest BCUT2D eigenvalue weighted by molar-refractivity contribution is 7.88. The van der Waals surface area contributed by atoms with E-state index in [-0.39, 0.29) is 6.04 Å². The normalized spacial score (nSPS) is 14.4. The summed E-state index contributed by atoms with van der Waals surface area (Å²) in [5.74, 6) is 0. The Labute approximate surface area is 95.0 Å². The van der Waals surface area contributed by atoms with Crippen LogP contribution in [-0.2, 0) is 10.0 Å². The maximum Gasteiger partial charge on any atom is 0.208 e. The van der Waals surface area contributed by atoms with Gasteiger partial charge in [-0.15, -0.1) is 11.3 Å². The smallest absolute Gasteiger partial charge is 0.208 e. The molecule has 1 rings (SSSR count). The van der Waals surface area contributed by atoms with Gasteiger partial charge < -0.3 is 4.90 Å². The standard InChI is InChI=1S/C9H16N2O2S2/c1-11(2)8(7-10-15(3,12)13)9-5-4-6-14-9/h4-6,8,10H,7H2,1-3H3/t8-/m0/s1. The lowest BCUT2D eigenvalue weighted by molar-refractivity contribution is 0.304. The second-order valence-corrected chi connectivity index (χ2v) is 6.43. The zero-order valence-corrected chi connectivity index (χ0v) is 10.7. The molecular formula is C9H16N2O2S2. The maximum atomic E-state index is 11.0. The van der Waals surface area contributed by atoms with Gasteiger partial charge in [-0.25, -0.2) is 13.1 Å². The Hall–Kier alpha value is -0.430. The largest absolute Gasteiger partial charge is 0.300 e. The van der Waals surface area contributed by atoms with Crippen molar-refractivity contribution in [3.8, 4) is 0 Å². The lowest BCUT2D eigenvalue weighted by Gasteiger charge is -2.23. The van der Waals surface area contributed by atoms with Gasteiger partial charge in [-0.2, -0.15) is 0 Å². The molecule has 0 amide bonds. The van der Waals surface area contributed by atoms with Gasteiger partial charge in [0, 0.05) is 11.4 Å². The lowest BCUT2D eigenvalue weighted by atomic mass is 10.2. The van der Waals surface area contributed by atoms with Gasteiger partial charge in [0.2, 0.25) is 10.0 Å². The molecule has 0 aliphatic carbocycles. The van der Waals surface area contributed by atoms with Crippen LogP contribution in [0.4, 0.5) is 0 Å². The van der Waals surface area contributed by atoms with Crippen molar-refractivity contribution >= 4 is 21.4 Å². The Bertz CT molecular complexity index is 384. The fourth-order valence-corrected chi connectivity index (χ4v) is 2.63. The van der Waals surface area contributed by atoms with E-state index in [0.717, 1.165) is 4.88 Å². The number of rotatable bonds is 5. The number of nitrogens with zero attached hydrogens (tertiary/aromatic N) is 1. The molecule has 6 heteroatoms. The third-order valence-electron chi connectivity index (χ3n) is 2.03. The van der Waals surface area contributed by atoms with Crippen LogP contribution in [0, 0.1) is 0 Å². The Morgan fingerprint density at radius 3 is 2.60 bits per heavy atom. The molecule has 86 valence electrons. The van der Waals surface area contributed by atoms with Gasteiger partial charge >= 0.3 is 0 Å². The first-order chi connectivity index (χ1) is 6.90. The first-order valence-electron chi connectivity index (χ1n) is 4.54. The molecule has 0 aromatic carbocycles. The van der Waals surface area contributed by atoms with E-state index in [1.165, 1.54) is 6.26 Å². The van der Waals surface area contributed by atoms with E-state index in [1.54, 1.807) is 11.3 Å². The highest BCUT2D eigenvalue weighted by Crippen LogP contribution is 2.22. The van der Waals surface area contributed by atoms with E-state index in [2.05, 4.69) is 4.72 Å². The molecular weight excluding hydrogens is 232 g/mol. The summed E-state index contributed by atoms with van der Waals surface area (Å²) in [6, 6.07) is 4.08. The molecule has 4 nitrogen and oxygen atoms in total. The highest BCUT2D eigenvalue weighted by atomic mass is 32.2. The van der Waals surface area contributed by atoms with Gasteiger partial charge in [0.15, 0.2) is 0 Å². The maximum absolute atomic E-state index is 11.0. The van der Waals surface area contributed by atoms with Crippen LogP contribution < -0.4 is 4.72 Å². The number of nitrogens with one attached hydrogen (secondary N) is 1. The molecule has 0 radical (unpaired) electrons. The van der Waals surface area contributed by atoms with Crippen LogP contribution in [-0.4, -0.2) is 40.2 Å². The quantitative estimate of drug-likeness (QED) is 0.842. The molecule has 15 heavy (non-hydrogen) atoms. The van der Waals surface area contributed by atoms with E-state index in [4.69, 9.17) is 0 Å². The van der Waals surface area contributed by atoms with Crippen molar-refractivity contribution in [3.05, 3.63) is 22.4 Å². The molecule has 0 unspecified atom stereocenters. The van der Waals surface area contributed by atoms with Gasteiger partial charge in [0.05, 0.1) is 12.3 Å². The van der Waals surface area contributed by atoms with E-state index >= 15 is 0 Å². The van der Waals surface area contributed by atoms with Gasteiger partial charge in [-0.3, -0.25) is 0 Å². The Morgan fingerprint density at radius 2 is 2.20 bits per heavy atom. The summed E-state index contributed by atoms with van der Waals surface area (Å²) in [5.41, 5.74) is 0. The van der Waals surface area contributed by atoms with Crippen LogP contribution in [0.1, 0.15) is 10.9 Å². The van der Waals surface area contributed by atoms with E-state index in [1.807, 2.05) is 36.5 Å². The third kappa shape index (κ3) is 4.29. The molecule has 0 bridgehead atoms. The summed E-state index contributed by atoms with van der Waals surface area (Å²) in [7, 11) is 0.762. The number of likely N-dealkylation sites (N-methyl/N-ethyl adjacent to an activating group) is 1. The predicted octanol–water partition coefficient (Wildman–Crippen LogP) is 0.900. The number of sulfonamides is 1. The number of hydrogen-bond donors (Lipinski definition) is 1. The fourth-order valence-electron chi connectivity index (χ4n) is 1.25. The first kappa shape index (κ1) is 12.6. The van der Waals surface area contributed by atoms with E-state index in [0.29, 0.717) is 6.54 Å². The average Bonchev–Trinajstić information content (AvgIpc) is 2.54. The summed E-state index contributed by atoms with van der Waals surface area (Å²) in [5, 5.41) is 1.99. The minimum Gasteiger partial charge on any atom is -0.300 e. The molecule has 1 aromatic rings. The zero-order valence-electron chi connectivity index (χ0n) is 9.10. The van der Waals surface area contributed by atoms with Crippen LogP contribution in [0.2, 0.25) is 0 Å². The first-order valence-corrected chi connectivity index (χ1v) is 7.32. The van der Waals surface area contributed by atoms with Gasteiger partial charge in [0.1, 0.15) is 0 Å². The van der Waals surface area contributed by atoms with E-state index < -0.39 is 10.0 Å². The van der Waals surface area contributed by atoms with Crippen LogP contribution in [0.5, 0.6) is 0 Å². The Morgan fingerprint density at radius 1 is 1.53 bits per heavy atom. The van der Waals surface area contributed by atoms with Crippen LogP contribution >= 0.6 is 11.3 Å². The predicted molar refractivity (Wildman–Crippen MR) is 63.6 cm³/mol. The van der Waals surface area contributed by atoms with Crippen molar-refractivity contribution in [2.75, 3.05) is 26.9 Å². The van der Waals surface area contributed by atoms with Gasteiger partial charge in [-0.1, -0.05) is 6.07 Å². The van der Waals surface area contributed by atoms with Crippen molar-refractivity contribution in [1.82, 2.24) is 9.62 Å². The molecule has 1 aromatic heterocycles. The second kappa shape index (κ2) is 5.07. The zero-order chi connectivity index (χ0) is 11.5. The molecule has 0 aliphatic heterocycles. The van der Waals surface area contributed by atoms with Crippen molar-refractivity contribution < 1.29 is 8.42 Å². The molecule has 1 atom stereocenters. The Kier molecular flexibility index (Phi) is 4.27. The molecule has 1 N–H and O–H groups in total. The van der Waals surface area contributed by atoms with Crippen molar-refractivity contribution in [2.24, 2.45) is 0 Å². The summed E-state index contributed by atoms with van der Waals surface area (Å²) < 4.78 is 24.5. The minimum atomic E-state index is -3.12. The molecule has 0 fully saturated rings. The second-order valence-electron chi connectivity index (χ2n) is 3.62. The fraction of sp³-hybridized carbons (Fsp3) is 0.556. The number of thiophene rings is 1. The molecule has 0 aliphatic rings. The van der Waals surface area contributed by atoms with E-state index in [9.17, 15) is 8.42 Å². The number of hydrogen-bond acceptors (Lipinski definition) is 4. The summed E-state index contributed by atoms with van der Waals surface area (Å²) in [6.07, 6.45) is 1.17. The average molecular weight is 248 g/mol. The SMILES string of the molecule is CN(C)[C@@H](CNS(C)(=O)=O)c1cccs1. The Balaban J connectivity index is 2.69. The van der Waals surface area contributed by atoms with Crippen LogP contribution in [0.3, 0.4) is 0 Å². The molecule has 0 saturated heterocycles. The monoisotopic (exact) mass is 248 g/mol. The highest BCUT2D eigenvalue weighted by Gasteiger charge is 2.16. The molecule has 0 spiro atoms. The molecule has 1 heterocycles. The summed E-state index contributed by atoms with van der Waals surface area (Å²) in [4.78, 5) is 3.17. The lowest BCUT2D eigenvalue weighted by Crippen LogP contribution is -2.33. The van der Waals surface area contributed by atoms with Crippen molar-refractivity contribution in [2.45, 2.75) is 6.04 Å². The summed E-state index contributed by atoms with van der Waals surface area (Å²) >= 11 is 1.63. The van der Waals surface area contributed by atoms with Crippen LogP contribution in [0.15, 0.2) is 17.5 Å². The molecule has 0 saturated carbocycles. The topological polar surface area (TPSA) is 49.4 Å². The van der Waals surface area contributed by atoms with Gasteiger partial charge in [0.25, 0.3) is 0 Å². The van der Waals surface area contributed by atoms with Crippen molar-refractivity contribution in [1.29, 1.82) is 0 Å². The minimum absolute atomic E-state index is 0.0970.